The lowest BCUT2D eigenvalue weighted by Gasteiger charge is -2.17. The van der Waals surface area contributed by atoms with E-state index >= 15 is 0 Å². The van der Waals surface area contributed by atoms with Crippen LogP contribution in [0.15, 0.2) is 28.8 Å². The van der Waals surface area contributed by atoms with Gasteiger partial charge in [0.15, 0.2) is 5.82 Å². The predicted octanol–water partition coefficient (Wildman–Crippen LogP) is 3.17. The van der Waals surface area contributed by atoms with Crippen molar-refractivity contribution >= 4 is 11.6 Å². The van der Waals surface area contributed by atoms with Crippen LogP contribution >= 0.6 is 0 Å². The van der Waals surface area contributed by atoms with Gasteiger partial charge in [0.1, 0.15) is 0 Å². The van der Waals surface area contributed by atoms with E-state index in [0.29, 0.717) is 18.1 Å². The SMILES string of the molecule is CCc1noc(C2CC(=O)N(c3cccc(C(F)(F)F)c3)C2)n1. The molecule has 23 heavy (non-hydrogen) atoms. The van der Waals surface area contributed by atoms with Crippen LogP contribution in [0.3, 0.4) is 0 Å². The summed E-state index contributed by atoms with van der Waals surface area (Å²) < 4.78 is 43.5. The molecule has 0 bridgehead atoms. The molecule has 0 spiro atoms. The summed E-state index contributed by atoms with van der Waals surface area (Å²) in [4.78, 5) is 17.7. The summed E-state index contributed by atoms with van der Waals surface area (Å²) in [6, 6.07) is 4.74. The standard InChI is InChI=1S/C15H14F3N3O2/c1-2-12-19-14(23-20-12)9-6-13(22)21(8-9)11-5-3-4-10(7-11)15(16,17)18/h3-5,7,9H,2,6,8H2,1H3. The van der Waals surface area contributed by atoms with E-state index in [-0.39, 0.29) is 30.5 Å². The van der Waals surface area contributed by atoms with E-state index in [9.17, 15) is 18.0 Å². The maximum Gasteiger partial charge on any atom is 0.416 e. The van der Waals surface area contributed by atoms with Crippen LogP contribution in [-0.4, -0.2) is 22.6 Å². The Labute approximate surface area is 130 Å². The Hall–Kier alpha value is -2.38. The monoisotopic (exact) mass is 325 g/mol. The molecule has 3 rings (SSSR count). The quantitative estimate of drug-likeness (QED) is 0.870. The van der Waals surface area contributed by atoms with Crippen molar-refractivity contribution in [2.45, 2.75) is 31.9 Å². The highest BCUT2D eigenvalue weighted by molar-refractivity contribution is 5.96. The van der Waals surface area contributed by atoms with Gasteiger partial charge >= 0.3 is 6.18 Å². The zero-order chi connectivity index (χ0) is 16.6. The molecule has 0 aliphatic carbocycles. The molecule has 0 saturated carbocycles. The first-order valence-electron chi connectivity index (χ1n) is 7.18. The van der Waals surface area contributed by atoms with Gasteiger partial charge in [0, 0.05) is 25.1 Å². The first-order valence-corrected chi connectivity index (χ1v) is 7.18. The molecule has 0 N–H and O–H groups in total. The van der Waals surface area contributed by atoms with Crippen molar-refractivity contribution in [2.75, 3.05) is 11.4 Å². The Morgan fingerprint density at radius 2 is 2.17 bits per heavy atom. The molecule has 1 aromatic heterocycles. The van der Waals surface area contributed by atoms with Gasteiger partial charge < -0.3 is 9.42 Å². The maximum absolute atomic E-state index is 12.8. The lowest BCUT2D eigenvalue weighted by molar-refractivity contribution is -0.137. The van der Waals surface area contributed by atoms with E-state index in [1.165, 1.54) is 17.0 Å². The van der Waals surface area contributed by atoms with Crippen LogP contribution < -0.4 is 4.90 Å². The van der Waals surface area contributed by atoms with Gasteiger partial charge in [-0.1, -0.05) is 18.1 Å². The molecular weight excluding hydrogens is 311 g/mol. The van der Waals surface area contributed by atoms with Gasteiger partial charge in [-0.2, -0.15) is 18.2 Å². The number of anilines is 1. The minimum atomic E-state index is -4.44. The smallest absolute Gasteiger partial charge is 0.339 e. The van der Waals surface area contributed by atoms with Gasteiger partial charge in [-0.3, -0.25) is 4.79 Å². The number of alkyl halides is 3. The Balaban J connectivity index is 1.83. The number of aryl methyl sites for hydroxylation is 1. The second-order valence-corrected chi connectivity index (χ2v) is 5.36. The highest BCUT2D eigenvalue weighted by Gasteiger charge is 2.36. The number of hydrogen-bond donors (Lipinski definition) is 0. The normalized spacial score (nSPS) is 18.7. The fraction of sp³-hybridized carbons (Fsp3) is 0.400. The van der Waals surface area contributed by atoms with Crippen LogP contribution in [0.5, 0.6) is 0 Å². The molecule has 1 aliphatic rings. The first kappa shape index (κ1) is 15.5. The van der Waals surface area contributed by atoms with Crippen molar-refractivity contribution in [1.82, 2.24) is 10.1 Å². The average molecular weight is 325 g/mol. The number of halogens is 3. The Kier molecular flexibility index (Phi) is 3.83. The molecule has 1 aliphatic heterocycles. The van der Waals surface area contributed by atoms with E-state index in [2.05, 4.69) is 10.1 Å². The van der Waals surface area contributed by atoms with Crippen LogP contribution in [0.25, 0.3) is 0 Å². The van der Waals surface area contributed by atoms with Crippen molar-refractivity contribution in [3.8, 4) is 0 Å². The molecule has 0 radical (unpaired) electrons. The lowest BCUT2D eigenvalue weighted by Crippen LogP contribution is -2.24. The minimum absolute atomic E-state index is 0.140. The third-order valence-corrected chi connectivity index (χ3v) is 3.76. The maximum atomic E-state index is 12.8. The van der Waals surface area contributed by atoms with E-state index in [0.717, 1.165) is 12.1 Å². The van der Waals surface area contributed by atoms with Gasteiger partial charge in [0.05, 0.1) is 11.5 Å². The van der Waals surface area contributed by atoms with Crippen molar-refractivity contribution in [3.63, 3.8) is 0 Å². The van der Waals surface area contributed by atoms with Gasteiger partial charge in [-0.15, -0.1) is 0 Å². The molecule has 1 amide bonds. The fourth-order valence-corrected chi connectivity index (χ4v) is 2.55. The second-order valence-electron chi connectivity index (χ2n) is 5.36. The van der Waals surface area contributed by atoms with Crippen molar-refractivity contribution in [3.05, 3.63) is 41.5 Å². The van der Waals surface area contributed by atoms with Crippen molar-refractivity contribution in [1.29, 1.82) is 0 Å². The Bertz CT molecular complexity index is 727. The molecule has 2 aromatic rings. The molecule has 122 valence electrons. The molecule has 8 heteroatoms. The van der Waals surface area contributed by atoms with Crippen molar-refractivity contribution in [2.24, 2.45) is 0 Å². The van der Waals surface area contributed by atoms with Crippen LogP contribution in [0.2, 0.25) is 0 Å². The summed E-state index contributed by atoms with van der Waals surface area (Å²) in [7, 11) is 0. The molecule has 1 unspecified atom stereocenters. The van der Waals surface area contributed by atoms with E-state index in [1.807, 2.05) is 6.92 Å². The molecular formula is C15H14F3N3O2. The highest BCUT2D eigenvalue weighted by atomic mass is 19.4. The highest BCUT2D eigenvalue weighted by Crippen LogP contribution is 2.35. The zero-order valence-electron chi connectivity index (χ0n) is 12.3. The summed E-state index contributed by atoms with van der Waals surface area (Å²) in [6.07, 6.45) is -3.69. The van der Waals surface area contributed by atoms with Gasteiger partial charge in [-0.25, -0.2) is 0 Å². The van der Waals surface area contributed by atoms with Gasteiger partial charge in [0.25, 0.3) is 0 Å². The summed E-state index contributed by atoms with van der Waals surface area (Å²) in [5.41, 5.74) is -0.556. The fourth-order valence-electron chi connectivity index (χ4n) is 2.55. The zero-order valence-corrected chi connectivity index (χ0v) is 12.3. The minimum Gasteiger partial charge on any atom is -0.339 e. The Morgan fingerprint density at radius 1 is 1.39 bits per heavy atom. The Morgan fingerprint density at radius 3 is 2.83 bits per heavy atom. The number of rotatable bonds is 3. The van der Waals surface area contributed by atoms with Crippen LogP contribution in [-0.2, 0) is 17.4 Å². The van der Waals surface area contributed by atoms with Crippen LogP contribution in [0.1, 0.15) is 36.5 Å². The third kappa shape index (κ3) is 3.06. The molecule has 1 fully saturated rings. The van der Waals surface area contributed by atoms with Gasteiger partial charge in [0.2, 0.25) is 11.8 Å². The summed E-state index contributed by atoms with van der Waals surface area (Å²) in [6.45, 7) is 2.11. The number of hydrogen-bond acceptors (Lipinski definition) is 4. The average Bonchev–Trinajstić information content (AvgIpc) is 3.12. The summed E-state index contributed by atoms with van der Waals surface area (Å²) in [5.74, 6) is 0.338. The summed E-state index contributed by atoms with van der Waals surface area (Å²) in [5, 5.41) is 3.78. The van der Waals surface area contributed by atoms with E-state index < -0.39 is 11.7 Å². The lowest BCUT2D eigenvalue weighted by atomic mass is 10.1. The largest absolute Gasteiger partial charge is 0.416 e. The van der Waals surface area contributed by atoms with Crippen LogP contribution in [0.4, 0.5) is 18.9 Å². The van der Waals surface area contributed by atoms with E-state index in [4.69, 9.17) is 4.52 Å². The topological polar surface area (TPSA) is 59.2 Å². The van der Waals surface area contributed by atoms with E-state index in [1.54, 1.807) is 0 Å². The number of aromatic nitrogens is 2. The number of carbonyl (C=O) groups is 1. The van der Waals surface area contributed by atoms with Crippen LogP contribution in [0, 0.1) is 0 Å². The number of benzene rings is 1. The second kappa shape index (κ2) is 5.68. The first-order chi connectivity index (χ1) is 10.9. The summed E-state index contributed by atoms with van der Waals surface area (Å²) >= 11 is 0. The molecule has 5 nitrogen and oxygen atoms in total. The predicted molar refractivity (Wildman–Crippen MR) is 74.8 cm³/mol. The number of nitrogens with zero attached hydrogens (tertiary/aromatic N) is 3. The molecule has 1 aromatic carbocycles. The molecule has 2 heterocycles. The third-order valence-electron chi connectivity index (χ3n) is 3.76. The number of carbonyl (C=O) groups excluding carboxylic acids is 1. The molecule has 1 saturated heterocycles. The van der Waals surface area contributed by atoms with Gasteiger partial charge in [-0.05, 0) is 18.2 Å². The van der Waals surface area contributed by atoms with Crippen molar-refractivity contribution < 1.29 is 22.5 Å². The number of amides is 1. The molecule has 1 atom stereocenters.